The minimum Gasteiger partial charge on any atom is -0.336 e. The molecule has 0 aliphatic carbocycles. The predicted molar refractivity (Wildman–Crippen MR) is 120 cm³/mol. The van der Waals surface area contributed by atoms with Crippen LogP contribution in [0.2, 0.25) is 0 Å². The maximum atomic E-state index is 12.9. The van der Waals surface area contributed by atoms with Gasteiger partial charge in [-0.1, -0.05) is 33.6 Å². The molecule has 30 heavy (non-hydrogen) atoms. The number of rotatable bonds is 5. The van der Waals surface area contributed by atoms with Crippen molar-refractivity contribution in [3.8, 4) is 0 Å². The van der Waals surface area contributed by atoms with Crippen molar-refractivity contribution in [2.75, 3.05) is 45.8 Å². The highest BCUT2D eigenvalue weighted by Crippen LogP contribution is 2.22. The number of piperazine rings is 1. The fraction of sp³-hybridized carbons (Fsp3) is 0.696. The van der Waals surface area contributed by atoms with Crippen LogP contribution in [-0.2, 0) is 10.0 Å². The molecular formula is C23H37N3O3S. The van der Waals surface area contributed by atoms with Gasteiger partial charge in [-0.2, -0.15) is 4.31 Å². The predicted octanol–water partition coefficient (Wildman–Crippen LogP) is 3.45. The highest BCUT2D eigenvalue weighted by Gasteiger charge is 2.27. The van der Waals surface area contributed by atoms with Gasteiger partial charge in [0.05, 0.1) is 4.90 Å². The smallest absolute Gasteiger partial charge is 0.253 e. The highest BCUT2D eigenvalue weighted by molar-refractivity contribution is 7.89. The van der Waals surface area contributed by atoms with Crippen LogP contribution in [0.25, 0.3) is 0 Å². The Kier molecular flexibility index (Phi) is 7.58. The van der Waals surface area contributed by atoms with E-state index in [-0.39, 0.29) is 10.8 Å². The molecule has 2 saturated heterocycles. The van der Waals surface area contributed by atoms with Crippen LogP contribution in [-0.4, -0.2) is 74.2 Å². The van der Waals surface area contributed by atoms with Gasteiger partial charge in [0.1, 0.15) is 0 Å². The van der Waals surface area contributed by atoms with E-state index in [0.29, 0.717) is 24.1 Å². The summed E-state index contributed by atoms with van der Waals surface area (Å²) in [5.41, 5.74) is 0.885. The molecule has 1 aromatic carbocycles. The lowest BCUT2D eigenvalue weighted by atomic mass is 9.92. The zero-order valence-electron chi connectivity index (χ0n) is 18.8. The van der Waals surface area contributed by atoms with Crippen LogP contribution >= 0.6 is 0 Å². The van der Waals surface area contributed by atoms with Crippen molar-refractivity contribution >= 4 is 15.9 Å². The number of hydrogen-bond donors (Lipinski definition) is 0. The molecular weight excluding hydrogens is 398 g/mol. The van der Waals surface area contributed by atoms with Crippen LogP contribution in [0.15, 0.2) is 29.2 Å². The standard InChI is InChI=1S/C23H37N3O3S/c1-23(2,3)12-15-24-16-18-25(19-17-24)22(27)20-8-10-21(11-9-20)30(28,29)26-13-6-4-5-7-14-26/h8-11H,4-7,12-19H2,1-3H3. The molecule has 0 radical (unpaired) electrons. The molecule has 0 aromatic heterocycles. The van der Waals surface area contributed by atoms with Crippen molar-refractivity contribution in [2.24, 2.45) is 5.41 Å². The zero-order chi connectivity index (χ0) is 21.8. The van der Waals surface area contributed by atoms with Gasteiger partial charge in [-0.15, -0.1) is 0 Å². The Bertz CT molecular complexity index is 799. The molecule has 0 bridgehead atoms. The molecule has 2 heterocycles. The molecule has 6 nitrogen and oxygen atoms in total. The second-order valence-electron chi connectivity index (χ2n) is 9.79. The Hall–Kier alpha value is -1.44. The lowest BCUT2D eigenvalue weighted by Crippen LogP contribution is -2.49. The first-order valence-electron chi connectivity index (χ1n) is 11.3. The van der Waals surface area contributed by atoms with Crippen molar-refractivity contribution in [1.29, 1.82) is 0 Å². The maximum Gasteiger partial charge on any atom is 0.253 e. The second-order valence-corrected chi connectivity index (χ2v) is 11.7. The molecule has 0 unspecified atom stereocenters. The van der Waals surface area contributed by atoms with Crippen LogP contribution in [0, 0.1) is 5.41 Å². The SMILES string of the molecule is CC(C)(C)CCN1CCN(C(=O)c2ccc(S(=O)(=O)N3CCCCCC3)cc2)CC1. The summed E-state index contributed by atoms with van der Waals surface area (Å²) >= 11 is 0. The molecule has 2 aliphatic heterocycles. The third-order valence-electron chi connectivity index (χ3n) is 6.14. The normalized spacial score (nSPS) is 20.2. The Morgan fingerprint density at radius 2 is 1.43 bits per heavy atom. The Labute approximate surface area is 182 Å². The minimum absolute atomic E-state index is 0.0100. The summed E-state index contributed by atoms with van der Waals surface area (Å²) in [7, 11) is -3.48. The largest absolute Gasteiger partial charge is 0.336 e. The fourth-order valence-electron chi connectivity index (χ4n) is 4.05. The van der Waals surface area contributed by atoms with Crippen LogP contribution in [0.4, 0.5) is 0 Å². The Morgan fingerprint density at radius 3 is 1.97 bits per heavy atom. The first kappa shape index (κ1) is 23.2. The summed E-state index contributed by atoms with van der Waals surface area (Å²) in [6.07, 6.45) is 5.15. The van der Waals surface area contributed by atoms with Gasteiger partial charge >= 0.3 is 0 Å². The van der Waals surface area contributed by atoms with Crippen LogP contribution in [0.5, 0.6) is 0 Å². The van der Waals surface area contributed by atoms with Gasteiger partial charge in [0.25, 0.3) is 5.91 Å². The maximum absolute atomic E-state index is 12.9. The number of carbonyl (C=O) groups excluding carboxylic acids is 1. The van der Waals surface area contributed by atoms with E-state index in [4.69, 9.17) is 0 Å². The molecule has 1 aromatic rings. The van der Waals surface area contributed by atoms with Crippen molar-refractivity contribution in [1.82, 2.24) is 14.1 Å². The summed E-state index contributed by atoms with van der Waals surface area (Å²) in [6, 6.07) is 6.51. The number of nitrogens with zero attached hydrogens (tertiary/aromatic N) is 3. The van der Waals surface area contributed by atoms with Crippen molar-refractivity contribution in [3.05, 3.63) is 29.8 Å². The van der Waals surface area contributed by atoms with Gasteiger partial charge in [-0.25, -0.2) is 8.42 Å². The van der Waals surface area contributed by atoms with Crippen LogP contribution in [0.1, 0.15) is 63.2 Å². The lowest BCUT2D eigenvalue weighted by Gasteiger charge is -2.36. The van der Waals surface area contributed by atoms with E-state index in [0.717, 1.165) is 64.8 Å². The third-order valence-corrected chi connectivity index (χ3v) is 8.05. The van der Waals surface area contributed by atoms with Crippen LogP contribution in [0.3, 0.4) is 0 Å². The molecule has 0 N–H and O–H groups in total. The van der Waals surface area contributed by atoms with Gasteiger partial charge in [-0.05, 0) is 55.5 Å². The molecule has 0 saturated carbocycles. The monoisotopic (exact) mass is 435 g/mol. The molecule has 2 aliphatic rings. The van der Waals surface area contributed by atoms with E-state index < -0.39 is 10.0 Å². The van der Waals surface area contributed by atoms with E-state index in [9.17, 15) is 13.2 Å². The second kappa shape index (κ2) is 9.79. The summed E-state index contributed by atoms with van der Waals surface area (Å²) in [4.78, 5) is 17.5. The van der Waals surface area contributed by atoms with E-state index in [1.54, 1.807) is 28.6 Å². The third kappa shape index (κ3) is 6.05. The summed E-state index contributed by atoms with van der Waals surface area (Å²) in [5.74, 6) is -0.0100. The highest BCUT2D eigenvalue weighted by atomic mass is 32.2. The quantitative estimate of drug-likeness (QED) is 0.711. The van der Waals surface area contributed by atoms with Crippen molar-refractivity contribution in [2.45, 2.75) is 57.8 Å². The van der Waals surface area contributed by atoms with E-state index in [2.05, 4.69) is 25.7 Å². The molecule has 0 spiro atoms. The van der Waals surface area contributed by atoms with E-state index >= 15 is 0 Å². The van der Waals surface area contributed by atoms with E-state index in [1.165, 1.54) is 0 Å². The number of carbonyl (C=O) groups is 1. The average Bonchev–Trinajstić information content (AvgIpc) is 3.02. The van der Waals surface area contributed by atoms with Gasteiger partial charge in [0.2, 0.25) is 10.0 Å². The molecule has 1 amide bonds. The van der Waals surface area contributed by atoms with Gasteiger partial charge in [-0.3, -0.25) is 9.69 Å². The minimum atomic E-state index is -3.48. The van der Waals surface area contributed by atoms with Crippen LogP contribution < -0.4 is 0 Å². The lowest BCUT2D eigenvalue weighted by molar-refractivity contribution is 0.0623. The first-order chi connectivity index (χ1) is 14.2. The fourth-order valence-corrected chi connectivity index (χ4v) is 5.57. The molecule has 7 heteroatoms. The summed E-state index contributed by atoms with van der Waals surface area (Å²) < 4.78 is 27.4. The first-order valence-corrected chi connectivity index (χ1v) is 12.7. The summed E-state index contributed by atoms with van der Waals surface area (Å²) in [6.45, 7) is 12.2. The zero-order valence-corrected chi connectivity index (χ0v) is 19.6. The van der Waals surface area contributed by atoms with Gasteiger partial charge in [0, 0.05) is 44.8 Å². The number of sulfonamides is 1. The topological polar surface area (TPSA) is 60.9 Å². The Morgan fingerprint density at radius 1 is 0.867 bits per heavy atom. The molecule has 2 fully saturated rings. The molecule has 3 rings (SSSR count). The van der Waals surface area contributed by atoms with Crippen molar-refractivity contribution in [3.63, 3.8) is 0 Å². The summed E-state index contributed by atoms with van der Waals surface area (Å²) in [5, 5.41) is 0. The van der Waals surface area contributed by atoms with Gasteiger partial charge < -0.3 is 4.90 Å². The molecule has 168 valence electrons. The average molecular weight is 436 g/mol. The number of benzene rings is 1. The number of hydrogen-bond acceptors (Lipinski definition) is 4. The van der Waals surface area contributed by atoms with Gasteiger partial charge in [0.15, 0.2) is 0 Å². The van der Waals surface area contributed by atoms with Crippen molar-refractivity contribution < 1.29 is 13.2 Å². The molecule has 0 atom stereocenters. The van der Waals surface area contributed by atoms with E-state index in [1.807, 2.05) is 4.90 Å². The number of amides is 1. The Balaban J connectivity index is 1.58.